The molecule has 0 fully saturated rings. The third kappa shape index (κ3) is 3.27. The molecule has 0 heterocycles. The van der Waals surface area contributed by atoms with E-state index in [1.54, 1.807) is 0 Å². The third-order valence-electron chi connectivity index (χ3n) is 4.51. The highest BCUT2D eigenvalue weighted by Crippen LogP contribution is 2.51. The van der Waals surface area contributed by atoms with Crippen LogP contribution >= 0.6 is 0 Å². The standard InChI is InChI=1S/C17H12F6N2O4S/c18-9-1-2-11(8(6-24)14(9)25)29-10-3-4-12(30(27,28)17(21,22)23)13-7(10)5-16(19,20)15(13)26/h1-4,6,15,24,26H,5,25H2/t15-/m0/s1. The van der Waals surface area contributed by atoms with Crippen LogP contribution in [0, 0.1) is 11.2 Å². The summed E-state index contributed by atoms with van der Waals surface area (Å²) in [5, 5.41) is 17.2. The average molecular weight is 454 g/mol. The van der Waals surface area contributed by atoms with Gasteiger partial charge in [0, 0.05) is 23.8 Å². The normalized spacial score (nSPS) is 18.2. The second-order valence-corrected chi connectivity index (χ2v) is 8.27. The van der Waals surface area contributed by atoms with Crippen LogP contribution in [0.3, 0.4) is 0 Å². The number of benzene rings is 2. The molecule has 0 bridgehead atoms. The molecule has 1 aliphatic rings. The van der Waals surface area contributed by atoms with Gasteiger partial charge in [0.25, 0.3) is 15.8 Å². The molecule has 0 aliphatic heterocycles. The summed E-state index contributed by atoms with van der Waals surface area (Å²) in [6, 6.07) is 2.95. The summed E-state index contributed by atoms with van der Waals surface area (Å²) in [5.74, 6) is -5.66. The molecule has 0 aromatic heterocycles. The summed E-state index contributed by atoms with van der Waals surface area (Å²) >= 11 is 0. The minimum Gasteiger partial charge on any atom is -0.456 e. The largest absolute Gasteiger partial charge is 0.501 e. The van der Waals surface area contributed by atoms with E-state index in [1.807, 2.05) is 0 Å². The van der Waals surface area contributed by atoms with E-state index in [2.05, 4.69) is 0 Å². The predicted molar refractivity (Wildman–Crippen MR) is 92.1 cm³/mol. The minimum atomic E-state index is -6.05. The molecular formula is C17H12F6N2O4S. The van der Waals surface area contributed by atoms with E-state index in [9.17, 15) is 39.9 Å². The number of anilines is 1. The smallest absolute Gasteiger partial charge is 0.456 e. The molecule has 0 saturated carbocycles. The van der Waals surface area contributed by atoms with E-state index >= 15 is 0 Å². The zero-order valence-corrected chi connectivity index (χ0v) is 15.4. The summed E-state index contributed by atoms with van der Waals surface area (Å²) in [7, 11) is -6.05. The molecule has 4 N–H and O–H groups in total. The van der Waals surface area contributed by atoms with Gasteiger partial charge in [0.2, 0.25) is 0 Å². The van der Waals surface area contributed by atoms with Crippen LogP contribution in [-0.2, 0) is 16.3 Å². The first kappa shape index (κ1) is 21.9. The van der Waals surface area contributed by atoms with Crippen LogP contribution in [0.15, 0.2) is 29.2 Å². The lowest BCUT2D eigenvalue weighted by Crippen LogP contribution is -2.26. The highest BCUT2D eigenvalue weighted by atomic mass is 32.2. The number of hydrogen-bond donors (Lipinski definition) is 3. The number of fused-ring (bicyclic) bond motifs is 1. The number of nitrogen functional groups attached to an aromatic ring is 1. The molecule has 3 rings (SSSR count). The maximum atomic E-state index is 14.1. The lowest BCUT2D eigenvalue weighted by molar-refractivity contribution is -0.0978. The Kier molecular flexibility index (Phi) is 5.02. The summed E-state index contributed by atoms with van der Waals surface area (Å²) in [6.45, 7) is 0. The number of ether oxygens (including phenoxy) is 1. The number of aliphatic hydroxyl groups excluding tert-OH is 1. The predicted octanol–water partition coefficient (Wildman–Crippen LogP) is 3.72. The van der Waals surface area contributed by atoms with E-state index in [-0.39, 0.29) is 11.3 Å². The number of nitrogens with one attached hydrogen (secondary N) is 1. The highest BCUT2D eigenvalue weighted by molar-refractivity contribution is 7.92. The summed E-state index contributed by atoms with van der Waals surface area (Å²) < 4.78 is 110. The Morgan fingerprint density at radius 3 is 2.37 bits per heavy atom. The van der Waals surface area contributed by atoms with Crippen LogP contribution in [0.2, 0.25) is 0 Å². The molecule has 1 atom stereocenters. The number of halogens is 6. The molecule has 1 aliphatic carbocycles. The molecule has 0 radical (unpaired) electrons. The minimum absolute atomic E-state index is 0.277. The molecule has 162 valence electrons. The summed E-state index contributed by atoms with van der Waals surface area (Å²) in [6.07, 6.45) is -3.53. The van der Waals surface area contributed by atoms with Gasteiger partial charge in [-0.05, 0) is 24.3 Å². The molecular weight excluding hydrogens is 442 g/mol. The van der Waals surface area contributed by atoms with E-state index in [4.69, 9.17) is 15.9 Å². The van der Waals surface area contributed by atoms with E-state index < -0.39 is 67.1 Å². The van der Waals surface area contributed by atoms with Crippen molar-refractivity contribution < 1.29 is 44.6 Å². The third-order valence-corrected chi connectivity index (χ3v) is 6.06. The topological polar surface area (TPSA) is 113 Å². The van der Waals surface area contributed by atoms with Crippen molar-refractivity contribution in [2.24, 2.45) is 0 Å². The lowest BCUT2D eigenvalue weighted by Gasteiger charge is -2.18. The van der Waals surface area contributed by atoms with Gasteiger partial charge >= 0.3 is 5.51 Å². The summed E-state index contributed by atoms with van der Waals surface area (Å²) in [4.78, 5) is -1.52. The molecule has 2 aromatic carbocycles. The number of sulfone groups is 1. The monoisotopic (exact) mass is 454 g/mol. The Morgan fingerprint density at radius 2 is 1.80 bits per heavy atom. The van der Waals surface area contributed by atoms with Gasteiger partial charge in [-0.1, -0.05) is 0 Å². The fourth-order valence-corrected chi connectivity index (χ4v) is 4.07. The van der Waals surface area contributed by atoms with Crippen molar-refractivity contribution in [1.82, 2.24) is 0 Å². The fourth-order valence-electron chi connectivity index (χ4n) is 3.05. The number of aliphatic hydroxyl groups is 1. The van der Waals surface area contributed by atoms with Crippen molar-refractivity contribution in [1.29, 1.82) is 5.41 Å². The molecule has 2 aromatic rings. The Balaban J connectivity index is 2.22. The van der Waals surface area contributed by atoms with Crippen LogP contribution < -0.4 is 10.5 Å². The van der Waals surface area contributed by atoms with Gasteiger partial charge in [-0.3, -0.25) is 0 Å². The molecule has 0 unspecified atom stereocenters. The zero-order valence-electron chi connectivity index (χ0n) is 14.6. The van der Waals surface area contributed by atoms with Crippen molar-refractivity contribution in [3.8, 4) is 11.5 Å². The summed E-state index contributed by atoms with van der Waals surface area (Å²) in [5.41, 5.74) is -2.89. The molecule has 0 spiro atoms. The van der Waals surface area contributed by atoms with Crippen LogP contribution in [0.4, 0.5) is 32.0 Å². The van der Waals surface area contributed by atoms with E-state index in [0.29, 0.717) is 18.3 Å². The van der Waals surface area contributed by atoms with Crippen LogP contribution in [-0.4, -0.2) is 31.2 Å². The number of hydrogen-bond acceptors (Lipinski definition) is 6. The number of alkyl halides is 5. The van der Waals surface area contributed by atoms with Crippen LogP contribution in [0.5, 0.6) is 11.5 Å². The maximum Gasteiger partial charge on any atom is 0.501 e. The van der Waals surface area contributed by atoms with Gasteiger partial charge in [-0.15, -0.1) is 0 Å². The molecule has 6 nitrogen and oxygen atoms in total. The van der Waals surface area contributed by atoms with Crippen molar-refractivity contribution >= 4 is 21.7 Å². The van der Waals surface area contributed by atoms with Crippen molar-refractivity contribution in [3.05, 3.63) is 46.8 Å². The Hall–Kier alpha value is -2.80. The number of nitrogens with two attached hydrogens (primary N) is 1. The average Bonchev–Trinajstić information content (AvgIpc) is 2.88. The van der Waals surface area contributed by atoms with E-state index in [1.165, 1.54) is 0 Å². The molecule has 13 heteroatoms. The fraction of sp³-hybridized carbons (Fsp3) is 0.235. The first-order valence-electron chi connectivity index (χ1n) is 8.01. The first-order valence-corrected chi connectivity index (χ1v) is 9.50. The Bertz CT molecular complexity index is 1150. The van der Waals surface area contributed by atoms with Crippen LogP contribution in [0.1, 0.15) is 22.8 Å². The zero-order chi connectivity index (χ0) is 22.6. The quantitative estimate of drug-likeness (QED) is 0.370. The number of rotatable bonds is 4. The van der Waals surface area contributed by atoms with E-state index in [0.717, 1.165) is 12.1 Å². The van der Waals surface area contributed by atoms with Crippen LogP contribution in [0.25, 0.3) is 0 Å². The lowest BCUT2D eigenvalue weighted by atomic mass is 10.1. The van der Waals surface area contributed by atoms with Gasteiger partial charge in [0.15, 0.2) is 0 Å². The Morgan fingerprint density at radius 1 is 1.20 bits per heavy atom. The van der Waals surface area contributed by atoms with Crippen molar-refractivity contribution in [2.45, 2.75) is 28.9 Å². The van der Waals surface area contributed by atoms with Gasteiger partial charge in [-0.25, -0.2) is 21.6 Å². The second-order valence-electron chi connectivity index (χ2n) is 6.36. The van der Waals surface area contributed by atoms with Crippen molar-refractivity contribution in [3.63, 3.8) is 0 Å². The van der Waals surface area contributed by atoms with Gasteiger partial charge in [0.05, 0.1) is 16.1 Å². The molecule has 0 saturated heterocycles. The molecule has 0 amide bonds. The van der Waals surface area contributed by atoms with Gasteiger partial charge in [-0.2, -0.15) is 13.2 Å². The Labute approximate surface area is 165 Å². The van der Waals surface area contributed by atoms with Gasteiger partial charge in [0.1, 0.15) is 23.4 Å². The highest BCUT2D eigenvalue weighted by Gasteiger charge is 2.55. The maximum absolute atomic E-state index is 14.1. The molecule has 30 heavy (non-hydrogen) atoms. The second kappa shape index (κ2) is 6.87. The first-order chi connectivity index (χ1) is 13.7. The SMILES string of the molecule is N=Cc1c(Oc2ccc(S(=O)(=O)C(F)(F)F)c3c2CC(F)(F)[C@H]3O)ccc(F)c1N. The van der Waals surface area contributed by atoms with Crippen molar-refractivity contribution in [2.75, 3.05) is 5.73 Å². The van der Waals surface area contributed by atoms with Gasteiger partial charge < -0.3 is 21.0 Å².